The topological polar surface area (TPSA) is 95.5 Å². The number of rotatable bonds is 8. The van der Waals surface area contributed by atoms with Crippen molar-refractivity contribution in [3.63, 3.8) is 0 Å². The van der Waals surface area contributed by atoms with E-state index >= 15 is 4.39 Å². The number of piperazine rings is 1. The van der Waals surface area contributed by atoms with Crippen molar-refractivity contribution in [1.29, 1.82) is 0 Å². The number of aromatic nitrogens is 2. The zero-order chi connectivity index (χ0) is 34.5. The first-order valence-corrected chi connectivity index (χ1v) is 19.2. The summed E-state index contributed by atoms with van der Waals surface area (Å²) in [6.07, 6.45) is 7.72. The molecule has 11 nitrogen and oxygen atoms in total. The average molecular weight is 700 g/mol. The third kappa shape index (κ3) is 6.16. The van der Waals surface area contributed by atoms with Crippen LogP contribution >= 0.6 is 0 Å². The average Bonchev–Trinajstić information content (AvgIpc) is 3.85. The van der Waals surface area contributed by atoms with Crippen molar-refractivity contribution in [3.8, 4) is 6.01 Å². The summed E-state index contributed by atoms with van der Waals surface area (Å²) in [5.41, 5.74) is 3.93. The minimum absolute atomic E-state index is 0.112. The predicted molar refractivity (Wildman–Crippen MR) is 193 cm³/mol. The van der Waals surface area contributed by atoms with E-state index in [2.05, 4.69) is 38.2 Å². The summed E-state index contributed by atoms with van der Waals surface area (Å²) in [5.74, 6) is 0.875. The van der Waals surface area contributed by atoms with Gasteiger partial charge in [0.25, 0.3) is 0 Å². The van der Waals surface area contributed by atoms with Gasteiger partial charge in [0.2, 0.25) is 0 Å². The van der Waals surface area contributed by atoms with E-state index in [9.17, 15) is 4.79 Å². The molecule has 1 aromatic heterocycles. The number of nitrogens with one attached hydrogen (secondary N) is 1. The van der Waals surface area contributed by atoms with Gasteiger partial charge in [0.15, 0.2) is 0 Å². The first kappa shape index (κ1) is 33.1. The van der Waals surface area contributed by atoms with Gasteiger partial charge in [-0.15, -0.1) is 0 Å². The molecule has 2 aromatic carbocycles. The third-order valence-corrected chi connectivity index (χ3v) is 12.5. The van der Waals surface area contributed by atoms with Crippen LogP contribution in [0.3, 0.4) is 0 Å². The molecule has 12 heteroatoms. The quantitative estimate of drug-likeness (QED) is 0.357. The Morgan fingerprint density at radius 3 is 2.69 bits per heavy atom. The van der Waals surface area contributed by atoms with Gasteiger partial charge in [0.1, 0.15) is 24.8 Å². The van der Waals surface area contributed by atoms with Gasteiger partial charge in [-0.2, -0.15) is 9.97 Å². The van der Waals surface area contributed by atoms with Gasteiger partial charge in [-0.25, -0.2) is 9.18 Å². The molecule has 272 valence electrons. The van der Waals surface area contributed by atoms with Crippen LogP contribution in [0.5, 0.6) is 6.01 Å². The molecule has 5 fully saturated rings. The van der Waals surface area contributed by atoms with Crippen LogP contribution in [0.2, 0.25) is 0 Å². The molecule has 0 aliphatic carbocycles. The lowest BCUT2D eigenvalue weighted by molar-refractivity contribution is 0.0138. The molecule has 2 bridgehead atoms. The van der Waals surface area contributed by atoms with Crippen molar-refractivity contribution in [2.24, 2.45) is 0 Å². The highest BCUT2D eigenvalue weighted by atomic mass is 19.1. The van der Waals surface area contributed by atoms with Crippen molar-refractivity contribution < 1.29 is 23.4 Å². The molecule has 0 saturated carbocycles. The molecule has 6 aliphatic heterocycles. The number of carbonyl (C=O) groups is 1. The minimum atomic E-state index is -0.240. The lowest BCUT2D eigenvalue weighted by atomic mass is 9.95. The van der Waals surface area contributed by atoms with Gasteiger partial charge < -0.3 is 34.2 Å². The SMILES string of the molecule is CCc1c(F)ccc2cccc(N3CCc4c(nc(OC[C@]56CCCN5[C@@H](COC(=O)N5CCOCC5)CC6)nc4N4CC5CCC(C4)N5)C3)c12. The van der Waals surface area contributed by atoms with Crippen LogP contribution in [0.4, 0.5) is 20.7 Å². The fraction of sp³-hybridized carbons (Fsp3) is 0.615. The highest BCUT2D eigenvalue weighted by Gasteiger charge is 2.50. The minimum Gasteiger partial charge on any atom is -0.461 e. The molecule has 7 heterocycles. The lowest BCUT2D eigenvalue weighted by Crippen LogP contribution is -2.52. The maximum Gasteiger partial charge on any atom is 0.409 e. The molecule has 6 aliphatic rings. The number of benzene rings is 2. The molecule has 1 N–H and O–H groups in total. The molecule has 0 radical (unpaired) electrons. The second-order valence-corrected chi connectivity index (χ2v) is 15.4. The van der Waals surface area contributed by atoms with E-state index in [1.165, 1.54) is 18.4 Å². The number of anilines is 2. The van der Waals surface area contributed by atoms with Crippen molar-refractivity contribution in [1.82, 2.24) is 25.1 Å². The van der Waals surface area contributed by atoms with E-state index in [4.69, 9.17) is 24.2 Å². The largest absolute Gasteiger partial charge is 0.461 e. The fourth-order valence-electron chi connectivity index (χ4n) is 9.90. The van der Waals surface area contributed by atoms with E-state index < -0.39 is 0 Å². The van der Waals surface area contributed by atoms with Crippen LogP contribution in [-0.4, -0.2) is 115 Å². The van der Waals surface area contributed by atoms with Crippen LogP contribution in [0, 0.1) is 5.82 Å². The maximum atomic E-state index is 15.1. The predicted octanol–water partition coefficient (Wildman–Crippen LogP) is 4.68. The molecule has 4 atom stereocenters. The van der Waals surface area contributed by atoms with Crippen molar-refractivity contribution in [3.05, 3.63) is 53.0 Å². The molecule has 1 amide bonds. The molecule has 5 saturated heterocycles. The zero-order valence-corrected chi connectivity index (χ0v) is 29.7. The molecule has 3 aromatic rings. The van der Waals surface area contributed by atoms with E-state index in [0.29, 0.717) is 70.6 Å². The Kier molecular flexibility index (Phi) is 8.88. The van der Waals surface area contributed by atoms with E-state index in [1.807, 2.05) is 13.0 Å². The monoisotopic (exact) mass is 699 g/mol. The highest BCUT2D eigenvalue weighted by Crippen LogP contribution is 2.43. The summed E-state index contributed by atoms with van der Waals surface area (Å²) < 4.78 is 33.0. The Hall–Kier alpha value is -3.74. The Morgan fingerprint density at radius 2 is 1.86 bits per heavy atom. The normalized spacial score (nSPS) is 27.6. The molecular weight excluding hydrogens is 649 g/mol. The summed E-state index contributed by atoms with van der Waals surface area (Å²) in [4.78, 5) is 32.2. The van der Waals surface area contributed by atoms with Gasteiger partial charge in [0.05, 0.1) is 31.0 Å². The number of ether oxygens (including phenoxy) is 3. The number of aryl methyl sites for hydroxylation is 1. The number of nitrogens with zero attached hydrogens (tertiary/aromatic N) is 6. The Bertz CT molecular complexity index is 1780. The van der Waals surface area contributed by atoms with Crippen molar-refractivity contribution in [2.45, 2.75) is 88.5 Å². The number of amides is 1. The zero-order valence-electron chi connectivity index (χ0n) is 29.7. The Balaban J connectivity index is 0.972. The molecular formula is C39H50FN7O4. The van der Waals surface area contributed by atoms with Gasteiger partial charge in [0, 0.05) is 67.5 Å². The third-order valence-electron chi connectivity index (χ3n) is 12.5. The number of morpholine rings is 1. The Morgan fingerprint density at radius 1 is 1.02 bits per heavy atom. The second kappa shape index (κ2) is 13.7. The van der Waals surface area contributed by atoms with E-state index in [1.54, 1.807) is 11.0 Å². The van der Waals surface area contributed by atoms with E-state index in [-0.39, 0.29) is 23.5 Å². The summed E-state index contributed by atoms with van der Waals surface area (Å²) in [6.45, 7) is 9.52. The maximum absolute atomic E-state index is 15.1. The lowest BCUT2D eigenvalue weighted by Gasteiger charge is -2.38. The highest BCUT2D eigenvalue weighted by molar-refractivity contribution is 5.97. The first-order chi connectivity index (χ1) is 25.0. The van der Waals surface area contributed by atoms with Gasteiger partial charge in [-0.3, -0.25) is 4.90 Å². The smallest absolute Gasteiger partial charge is 0.409 e. The van der Waals surface area contributed by atoms with Crippen LogP contribution in [0.15, 0.2) is 30.3 Å². The molecule has 51 heavy (non-hydrogen) atoms. The molecule has 9 rings (SSSR count). The van der Waals surface area contributed by atoms with Crippen LogP contribution < -0.4 is 19.9 Å². The number of hydrogen-bond acceptors (Lipinski definition) is 10. The Labute approximate surface area is 299 Å². The van der Waals surface area contributed by atoms with Crippen molar-refractivity contribution in [2.75, 3.05) is 75.5 Å². The van der Waals surface area contributed by atoms with Crippen LogP contribution in [0.1, 0.15) is 62.3 Å². The number of carbonyl (C=O) groups excluding carboxylic acids is 1. The summed E-state index contributed by atoms with van der Waals surface area (Å²) in [7, 11) is 0. The first-order valence-electron chi connectivity index (χ1n) is 19.2. The molecule has 0 spiro atoms. The number of fused-ring (bicyclic) bond motifs is 5. The number of halogens is 1. The molecule has 2 unspecified atom stereocenters. The van der Waals surface area contributed by atoms with Gasteiger partial charge in [-0.05, 0) is 81.0 Å². The van der Waals surface area contributed by atoms with Crippen LogP contribution in [0.25, 0.3) is 10.8 Å². The summed E-state index contributed by atoms with van der Waals surface area (Å²) in [6, 6.07) is 11.4. The summed E-state index contributed by atoms with van der Waals surface area (Å²) >= 11 is 0. The summed E-state index contributed by atoms with van der Waals surface area (Å²) in [5, 5.41) is 5.83. The standard InChI is InChI=1S/C39H50FN7O4/c1-2-30-32(40)10-7-26-5-3-6-34(35(26)30)45-16-12-31-33(23-45)42-37(43-36(31)46-21-27-8-9-28(22-46)41-27)51-25-39-13-4-15-47(39)29(11-14-39)24-50-38(48)44-17-19-49-20-18-44/h3,5-7,10,27-29,41H,2,4,8-9,11-25H2,1H3/t27?,28?,29-,39-/m1/s1. The van der Waals surface area contributed by atoms with Crippen LogP contribution in [-0.2, 0) is 28.9 Å². The van der Waals surface area contributed by atoms with Crippen molar-refractivity contribution >= 4 is 28.4 Å². The fourth-order valence-corrected chi connectivity index (χ4v) is 9.90. The van der Waals surface area contributed by atoms with Gasteiger partial charge in [-0.1, -0.05) is 25.1 Å². The van der Waals surface area contributed by atoms with Gasteiger partial charge >= 0.3 is 12.1 Å². The number of hydrogen-bond donors (Lipinski definition) is 1. The van der Waals surface area contributed by atoms with E-state index in [0.717, 1.165) is 91.8 Å². The second-order valence-electron chi connectivity index (χ2n) is 15.4.